The molecule has 2 amide bonds. The number of carbonyl (C=O) groups excluding carboxylic acids is 5. The smallest absolute Gasteiger partial charge is 0.334 e. The number of nitrogens with zero attached hydrogens (tertiary/aromatic N) is 2. The van der Waals surface area contributed by atoms with Gasteiger partial charge in [-0.3, -0.25) is 19.2 Å². The van der Waals surface area contributed by atoms with E-state index < -0.39 is 36.1 Å². The molecule has 10 nitrogen and oxygen atoms in total. The van der Waals surface area contributed by atoms with Gasteiger partial charge in [0.05, 0.1) is 6.04 Å². The van der Waals surface area contributed by atoms with Crippen molar-refractivity contribution >= 4 is 40.9 Å². The predicted octanol–water partition coefficient (Wildman–Crippen LogP) is 6.70. The molecule has 2 aromatic rings. The average molecular weight is 680 g/mol. The zero-order chi connectivity index (χ0) is 35.5. The molecule has 0 saturated carbocycles. The summed E-state index contributed by atoms with van der Waals surface area (Å²) in [6.07, 6.45) is 4.23. The van der Waals surface area contributed by atoms with E-state index in [-0.39, 0.29) is 35.3 Å². The number of nitrogens with one attached hydrogen (secondary N) is 1. The Morgan fingerprint density at radius 3 is 2.17 bits per heavy atom. The molecule has 0 fully saturated rings. The second kappa shape index (κ2) is 17.9. The van der Waals surface area contributed by atoms with Crippen molar-refractivity contribution in [1.29, 1.82) is 0 Å². The lowest BCUT2D eigenvalue weighted by Gasteiger charge is -2.34. The SMILES string of the molecule is CC[C@H](C)CC(=O)N(C)[C@H](C[C@@H](OC(C)=O)c1nc(C(=O)N[C@H](C)[C@@H](OC(=O)C2=CC=C(C(C)=O)CC2)c2ccccc2)cs1)C(C)C. The van der Waals surface area contributed by atoms with Gasteiger partial charge in [-0.05, 0) is 49.7 Å². The highest BCUT2D eigenvalue weighted by atomic mass is 32.1. The highest BCUT2D eigenvalue weighted by Crippen LogP contribution is 2.31. The van der Waals surface area contributed by atoms with Crippen LogP contribution >= 0.6 is 11.3 Å². The fraction of sp³-hybridized carbons (Fsp3) is 0.514. The Bertz CT molecular complexity index is 1510. The van der Waals surface area contributed by atoms with Gasteiger partial charge in [0.15, 0.2) is 11.9 Å². The lowest BCUT2D eigenvalue weighted by Crippen LogP contribution is -2.42. The maximum atomic E-state index is 13.5. The first-order valence-corrected chi connectivity index (χ1v) is 17.4. The number of allylic oxidation sites excluding steroid dienone is 3. The number of hydrogen-bond acceptors (Lipinski definition) is 9. The van der Waals surface area contributed by atoms with Crippen molar-refractivity contribution in [1.82, 2.24) is 15.2 Å². The Hall–Kier alpha value is -4.12. The molecule has 0 saturated heterocycles. The summed E-state index contributed by atoms with van der Waals surface area (Å²) in [4.78, 5) is 69.9. The number of aromatic nitrogens is 1. The standard InChI is InChI=1S/C37H49N3O7S/c1-9-23(4)19-33(43)40(8)31(22(2)3)20-32(46-26(7)42)36-39-30(21-48-36)35(44)38-24(5)34(28-13-11-10-12-14-28)47-37(45)29-17-15-27(16-18-29)25(6)41/h10-15,17,21-24,31-32,34H,9,16,18-20H2,1-8H3,(H,38,44)/t23-,24+,31+,32+,34+/m0/s1. The molecule has 1 N–H and O–H groups in total. The number of hydrogen-bond donors (Lipinski definition) is 1. The Kier molecular flexibility index (Phi) is 14.3. The molecule has 0 aliphatic heterocycles. The monoisotopic (exact) mass is 679 g/mol. The molecule has 0 radical (unpaired) electrons. The summed E-state index contributed by atoms with van der Waals surface area (Å²) in [6.45, 7) is 12.7. The molecule has 0 unspecified atom stereocenters. The molecule has 11 heteroatoms. The van der Waals surface area contributed by atoms with Gasteiger partial charge in [0.1, 0.15) is 16.8 Å². The minimum atomic E-state index is -0.802. The number of thiazole rings is 1. The molecule has 0 spiro atoms. The first kappa shape index (κ1) is 38.3. The first-order chi connectivity index (χ1) is 22.7. The lowest BCUT2D eigenvalue weighted by molar-refractivity contribution is -0.149. The number of benzene rings is 1. The first-order valence-electron chi connectivity index (χ1n) is 16.6. The number of carbonyl (C=O) groups is 5. The summed E-state index contributed by atoms with van der Waals surface area (Å²) in [7, 11) is 1.78. The topological polar surface area (TPSA) is 132 Å². The van der Waals surface area contributed by atoms with E-state index in [4.69, 9.17) is 9.47 Å². The van der Waals surface area contributed by atoms with Crippen LogP contribution in [0.3, 0.4) is 0 Å². The molecular weight excluding hydrogens is 630 g/mol. The molecule has 3 rings (SSSR count). The Labute approximate surface area is 288 Å². The van der Waals surface area contributed by atoms with Crippen molar-refractivity contribution in [3.05, 3.63) is 75.3 Å². The van der Waals surface area contributed by atoms with E-state index in [1.807, 2.05) is 51.1 Å². The Balaban J connectivity index is 1.79. The predicted molar refractivity (Wildman–Crippen MR) is 185 cm³/mol. The highest BCUT2D eigenvalue weighted by Gasteiger charge is 2.32. The van der Waals surface area contributed by atoms with Crippen molar-refractivity contribution in [2.75, 3.05) is 7.05 Å². The van der Waals surface area contributed by atoms with Crippen molar-refractivity contribution in [3.63, 3.8) is 0 Å². The van der Waals surface area contributed by atoms with Gasteiger partial charge in [0.2, 0.25) is 5.91 Å². The quantitative estimate of drug-likeness (QED) is 0.194. The van der Waals surface area contributed by atoms with Crippen LogP contribution in [0.5, 0.6) is 0 Å². The van der Waals surface area contributed by atoms with Crippen molar-refractivity contribution < 1.29 is 33.4 Å². The number of ether oxygens (including phenoxy) is 2. The lowest BCUT2D eigenvalue weighted by atomic mass is 9.95. The van der Waals surface area contributed by atoms with Crippen LogP contribution in [0.25, 0.3) is 0 Å². The summed E-state index contributed by atoms with van der Waals surface area (Å²) in [5, 5.41) is 4.98. The zero-order valence-corrected chi connectivity index (χ0v) is 30.1. The number of amides is 2. The third-order valence-corrected chi connectivity index (χ3v) is 9.65. The van der Waals surface area contributed by atoms with E-state index >= 15 is 0 Å². The van der Waals surface area contributed by atoms with E-state index in [9.17, 15) is 24.0 Å². The van der Waals surface area contributed by atoms with Gasteiger partial charge >= 0.3 is 11.9 Å². The van der Waals surface area contributed by atoms with Crippen molar-refractivity contribution in [2.24, 2.45) is 11.8 Å². The molecule has 0 bridgehead atoms. The van der Waals surface area contributed by atoms with Gasteiger partial charge in [-0.2, -0.15) is 0 Å². The highest BCUT2D eigenvalue weighted by molar-refractivity contribution is 7.09. The van der Waals surface area contributed by atoms with E-state index in [1.54, 1.807) is 36.4 Å². The minimum absolute atomic E-state index is 0.0270. The van der Waals surface area contributed by atoms with Crippen molar-refractivity contribution in [2.45, 2.75) is 105 Å². The Morgan fingerprint density at radius 2 is 1.60 bits per heavy atom. The van der Waals surface area contributed by atoms with Crippen LogP contribution in [0.4, 0.5) is 0 Å². The molecule has 1 heterocycles. The third kappa shape index (κ3) is 10.7. The Morgan fingerprint density at radius 1 is 0.958 bits per heavy atom. The summed E-state index contributed by atoms with van der Waals surface area (Å²) >= 11 is 1.20. The second-order valence-corrected chi connectivity index (χ2v) is 13.8. The molecule has 260 valence electrons. The second-order valence-electron chi connectivity index (χ2n) is 12.9. The van der Waals surface area contributed by atoms with Gasteiger partial charge in [-0.25, -0.2) is 9.78 Å². The molecule has 1 aliphatic rings. The molecule has 1 aliphatic carbocycles. The van der Waals surface area contributed by atoms with E-state index in [1.165, 1.54) is 25.2 Å². The van der Waals surface area contributed by atoms with Gasteiger partial charge in [0, 0.05) is 43.8 Å². The third-order valence-electron chi connectivity index (χ3n) is 8.71. The fourth-order valence-electron chi connectivity index (χ4n) is 5.56. The molecule has 1 aromatic heterocycles. The van der Waals surface area contributed by atoms with E-state index in [0.29, 0.717) is 47.4 Å². The number of Topliss-reactive ketones (excluding diaryl/α,β-unsaturated/α-hetero) is 1. The maximum Gasteiger partial charge on any atom is 0.334 e. The summed E-state index contributed by atoms with van der Waals surface area (Å²) in [6, 6.07) is 8.29. The van der Waals surface area contributed by atoms with Gasteiger partial charge in [-0.1, -0.05) is 76.6 Å². The van der Waals surface area contributed by atoms with Crippen LogP contribution in [0.15, 0.2) is 59.0 Å². The largest absolute Gasteiger partial charge is 0.455 e. The summed E-state index contributed by atoms with van der Waals surface area (Å²) in [5.74, 6) is -1.14. The van der Waals surface area contributed by atoms with Gasteiger partial charge in [-0.15, -0.1) is 11.3 Å². The zero-order valence-electron chi connectivity index (χ0n) is 29.3. The number of ketones is 1. The van der Waals surface area contributed by atoms with Crippen LogP contribution in [-0.4, -0.2) is 58.6 Å². The molecule has 48 heavy (non-hydrogen) atoms. The summed E-state index contributed by atoms with van der Waals surface area (Å²) < 4.78 is 11.6. The minimum Gasteiger partial charge on any atom is -0.455 e. The van der Waals surface area contributed by atoms with Gasteiger partial charge < -0.3 is 19.7 Å². The van der Waals surface area contributed by atoms with Crippen molar-refractivity contribution in [3.8, 4) is 0 Å². The van der Waals surface area contributed by atoms with Crippen LogP contribution in [0.1, 0.15) is 114 Å². The fourth-order valence-corrected chi connectivity index (χ4v) is 6.40. The van der Waals surface area contributed by atoms with Gasteiger partial charge in [0.25, 0.3) is 5.91 Å². The average Bonchev–Trinajstić information content (AvgIpc) is 3.55. The number of esters is 2. The number of rotatable bonds is 16. The summed E-state index contributed by atoms with van der Waals surface area (Å²) in [5.41, 5.74) is 1.95. The molecule has 5 atom stereocenters. The van der Waals surface area contributed by atoms with Crippen LogP contribution < -0.4 is 5.32 Å². The molecule has 1 aromatic carbocycles. The normalized spacial score (nSPS) is 16.0. The van der Waals surface area contributed by atoms with Crippen LogP contribution in [0, 0.1) is 11.8 Å². The maximum absolute atomic E-state index is 13.5. The van der Waals surface area contributed by atoms with E-state index in [2.05, 4.69) is 17.2 Å². The van der Waals surface area contributed by atoms with E-state index in [0.717, 1.165) is 6.42 Å². The van der Waals surface area contributed by atoms with Crippen LogP contribution in [0.2, 0.25) is 0 Å². The molecular formula is C37H49N3O7S. The van der Waals surface area contributed by atoms with Crippen LogP contribution in [-0.2, 0) is 28.7 Å².